The van der Waals surface area contributed by atoms with Gasteiger partial charge in [0.1, 0.15) is 0 Å². The van der Waals surface area contributed by atoms with E-state index in [-0.39, 0.29) is 6.10 Å². The molecule has 0 amide bonds. The van der Waals surface area contributed by atoms with Crippen LogP contribution in [0.4, 0.5) is 0 Å². The summed E-state index contributed by atoms with van der Waals surface area (Å²) in [6, 6.07) is 8.54. The van der Waals surface area contributed by atoms with E-state index >= 15 is 0 Å². The van der Waals surface area contributed by atoms with E-state index < -0.39 is 0 Å². The maximum atomic E-state index is 10.4. The smallest absolute Gasteiger partial charge is 0.0662 e. The van der Waals surface area contributed by atoms with Gasteiger partial charge in [-0.1, -0.05) is 38.0 Å². The van der Waals surface area contributed by atoms with Crippen LogP contribution in [0.25, 0.3) is 0 Å². The number of aryl methyl sites for hydroxylation is 1. The second kappa shape index (κ2) is 6.81. The molecule has 0 bridgehead atoms. The first-order chi connectivity index (χ1) is 9.06. The maximum Gasteiger partial charge on any atom is 0.0662 e. The fourth-order valence-corrected chi connectivity index (χ4v) is 4.04. The molecule has 2 heteroatoms. The predicted molar refractivity (Wildman–Crippen MR) is 83.6 cm³/mol. The molecule has 1 aromatic carbocycles. The maximum absolute atomic E-state index is 10.4. The highest BCUT2D eigenvalue weighted by molar-refractivity contribution is 7.99. The zero-order valence-electron chi connectivity index (χ0n) is 12.3. The van der Waals surface area contributed by atoms with Crippen LogP contribution in [-0.2, 0) is 0 Å². The van der Waals surface area contributed by atoms with Crippen molar-refractivity contribution in [2.45, 2.75) is 51.0 Å². The largest absolute Gasteiger partial charge is 0.392 e. The van der Waals surface area contributed by atoms with Crippen LogP contribution >= 0.6 is 11.8 Å². The molecule has 2 rings (SSSR count). The molecule has 0 aromatic heterocycles. The Morgan fingerprint density at radius 3 is 2.74 bits per heavy atom. The normalized spacial score (nSPS) is 29.2. The molecule has 1 aliphatic carbocycles. The van der Waals surface area contributed by atoms with Gasteiger partial charge in [-0.15, -0.1) is 11.8 Å². The summed E-state index contributed by atoms with van der Waals surface area (Å²) in [6.07, 6.45) is 3.51. The molecule has 0 aliphatic heterocycles. The van der Waals surface area contributed by atoms with Gasteiger partial charge in [0.05, 0.1) is 6.10 Å². The predicted octanol–water partition coefficient (Wildman–Crippen LogP) is 4.52. The van der Waals surface area contributed by atoms with Crippen LogP contribution in [0.3, 0.4) is 0 Å². The van der Waals surface area contributed by atoms with Gasteiger partial charge in [-0.05, 0) is 49.7 Å². The van der Waals surface area contributed by atoms with Gasteiger partial charge in [-0.25, -0.2) is 0 Å². The van der Waals surface area contributed by atoms with Crippen molar-refractivity contribution < 1.29 is 5.11 Å². The summed E-state index contributed by atoms with van der Waals surface area (Å²) in [5.41, 5.74) is 1.29. The van der Waals surface area contributed by atoms with E-state index in [9.17, 15) is 5.11 Å². The Hall–Kier alpha value is -0.470. The van der Waals surface area contributed by atoms with Crippen LogP contribution in [0, 0.1) is 24.7 Å². The molecule has 0 saturated heterocycles. The van der Waals surface area contributed by atoms with Gasteiger partial charge in [0.2, 0.25) is 0 Å². The number of hydrogen-bond acceptors (Lipinski definition) is 2. The van der Waals surface area contributed by atoms with Crippen LogP contribution in [0.15, 0.2) is 29.2 Å². The zero-order chi connectivity index (χ0) is 13.8. The Bertz CT molecular complexity index is 404. The molecule has 1 nitrogen and oxygen atoms in total. The molecule has 4 unspecified atom stereocenters. The molecule has 1 N–H and O–H groups in total. The van der Waals surface area contributed by atoms with Crippen LogP contribution in [0.2, 0.25) is 0 Å². The molecule has 4 atom stereocenters. The third kappa shape index (κ3) is 4.25. The van der Waals surface area contributed by atoms with E-state index in [0.29, 0.717) is 5.92 Å². The van der Waals surface area contributed by atoms with Crippen LogP contribution in [0.5, 0.6) is 0 Å². The van der Waals surface area contributed by atoms with E-state index in [1.165, 1.54) is 29.7 Å². The monoisotopic (exact) mass is 278 g/mol. The number of rotatable bonds is 4. The molecule has 1 saturated carbocycles. The van der Waals surface area contributed by atoms with E-state index in [2.05, 4.69) is 45.0 Å². The minimum Gasteiger partial charge on any atom is -0.392 e. The summed E-state index contributed by atoms with van der Waals surface area (Å²) in [6.45, 7) is 6.79. The molecule has 0 heterocycles. The lowest BCUT2D eigenvalue weighted by atomic mass is 9.74. The number of benzene rings is 1. The topological polar surface area (TPSA) is 20.2 Å². The lowest BCUT2D eigenvalue weighted by molar-refractivity contribution is 0.0729. The standard InChI is InChI=1S/C17H26OS/c1-12-5-4-6-16(9-12)19-11-17(18)15-8-7-13(2)14(3)10-15/h4-6,9,13-15,17-18H,7-8,10-11H2,1-3H3. The van der Waals surface area contributed by atoms with Crippen molar-refractivity contribution in [2.24, 2.45) is 17.8 Å². The Kier molecular flexibility index (Phi) is 5.35. The minimum atomic E-state index is -0.152. The Balaban J connectivity index is 1.83. The van der Waals surface area contributed by atoms with Gasteiger partial charge in [-0.3, -0.25) is 0 Å². The lowest BCUT2D eigenvalue weighted by Gasteiger charge is -2.34. The van der Waals surface area contributed by atoms with Gasteiger partial charge in [0, 0.05) is 10.6 Å². The van der Waals surface area contributed by atoms with Crippen molar-refractivity contribution in [1.82, 2.24) is 0 Å². The van der Waals surface area contributed by atoms with Gasteiger partial charge in [-0.2, -0.15) is 0 Å². The molecule has 0 radical (unpaired) electrons. The summed E-state index contributed by atoms with van der Waals surface area (Å²) in [7, 11) is 0. The first kappa shape index (κ1) is 14.9. The number of aliphatic hydroxyl groups excluding tert-OH is 1. The van der Waals surface area contributed by atoms with E-state index in [1.54, 1.807) is 11.8 Å². The Labute approximate surface area is 121 Å². The molecular formula is C17H26OS. The molecule has 1 aromatic rings. The van der Waals surface area contributed by atoms with Gasteiger partial charge < -0.3 is 5.11 Å². The zero-order valence-corrected chi connectivity index (χ0v) is 13.1. The number of hydrogen-bond donors (Lipinski definition) is 1. The van der Waals surface area contributed by atoms with Gasteiger partial charge in [0.15, 0.2) is 0 Å². The average molecular weight is 278 g/mol. The van der Waals surface area contributed by atoms with E-state index in [1.807, 2.05) is 0 Å². The second-order valence-corrected chi connectivity index (χ2v) is 7.32. The fraction of sp³-hybridized carbons (Fsp3) is 0.647. The quantitative estimate of drug-likeness (QED) is 0.817. The molecular weight excluding hydrogens is 252 g/mol. The van der Waals surface area contributed by atoms with Crippen molar-refractivity contribution in [3.05, 3.63) is 29.8 Å². The average Bonchev–Trinajstić information content (AvgIpc) is 2.39. The Morgan fingerprint density at radius 1 is 1.26 bits per heavy atom. The molecule has 0 spiro atoms. The molecule has 1 fully saturated rings. The van der Waals surface area contributed by atoms with Crippen LogP contribution in [-0.4, -0.2) is 17.0 Å². The second-order valence-electron chi connectivity index (χ2n) is 6.22. The molecule has 19 heavy (non-hydrogen) atoms. The van der Waals surface area contributed by atoms with Gasteiger partial charge >= 0.3 is 0 Å². The van der Waals surface area contributed by atoms with Crippen molar-refractivity contribution >= 4 is 11.8 Å². The van der Waals surface area contributed by atoms with Crippen LogP contribution < -0.4 is 0 Å². The Morgan fingerprint density at radius 2 is 2.05 bits per heavy atom. The SMILES string of the molecule is Cc1cccc(SCC(O)C2CCC(C)C(C)C2)c1. The first-order valence-electron chi connectivity index (χ1n) is 7.43. The first-order valence-corrected chi connectivity index (χ1v) is 8.42. The summed E-state index contributed by atoms with van der Waals surface area (Å²) < 4.78 is 0. The van der Waals surface area contributed by atoms with Crippen molar-refractivity contribution in [2.75, 3.05) is 5.75 Å². The number of thioether (sulfide) groups is 1. The summed E-state index contributed by atoms with van der Waals surface area (Å²) in [5, 5.41) is 10.4. The van der Waals surface area contributed by atoms with E-state index in [4.69, 9.17) is 0 Å². The highest BCUT2D eigenvalue weighted by atomic mass is 32.2. The third-order valence-corrected chi connectivity index (χ3v) is 5.69. The van der Waals surface area contributed by atoms with Crippen molar-refractivity contribution in [3.63, 3.8) is 0 Å². The van der Waals surface area contributed by atoms with E-state index in [0.717, 1.165) is 17.6 Å². The summed E-state index contributed by atoms with van der Waals surface area (Å²) in [4.78, 5) is 1.27. The third-order valence-electron chi connectivity index (χ3n) is 4.59. The molecule has 1 aliphatic rings. The van der Waals surface area contributed by atoms with Gasteiger partial charge in [0.25, 0.3) is 0 Å². The summed E-state index contributed by atoms with van der Waals surface area (Å²) >= 11 is 1.79. The number of aliphatic hydroxyl groups is 1. The molecule has 106 valence electrons. The highest BCUT2D eigenvalue weighted by Crippen LogP contribution is 2.36. The van der Waals surface area contributed by atoms with Crippen molar-refractivity contribution in [1.29, 1.82) is 0 Å². The summed E-state index contributed by atoms with van der Waals surface area (Å²) in [5.74, 6) is 2.92. The minimum absolute atomic E-state index is 0.152. The van der Waals surface area contributed by atoms with Crippen LogP contribution in [0.1, 0.15) is 38.7 Å². The highest BCUT2D eigenvalue weighted by Gasteiger charge is 2.29. The lowest BCUT2D eigenvalue weighted by Crippen LogP contribution is -2.30. The fourth-order valence-electron chi connectivity index (χ4n) is 2.96. The van der Waals surface area contributed by atoms with Crippen molar-refractivity contribution in [3.8, 4) is 0 Å².